The van der Waals surface area contributed by atoms with Crippen LogP contribution in [0.2, 0.25) is 0 Å². The Morgan fingerprint density at radius 2 is 2.25 bits per heavy atom. The maximum Gasteiger partial charge on any atom is 0.358 e. The summed E-state index contributed by atoms with van der Waals surface area (Å²) in [7, 11) is 0. The zero-order valence-electron chi connectivity index (χ0n) is 11.5. The Labute approximate surface area is 116 Å². The van der Waals surface area contributed by atoms with Crippen LogP contribution in [0.1, 0.15) is 60.5 Å². The fraction of sp³-hybridized carbons (Fsp3) is 0.538. The van der Waals surface area contributed by atoms with Gasteiger partial charge in [-0.25, -0.2) is 9.48 Å². The molecule has 3 rings (SSSR count). The summed E-state index contributed by atoms with van der Waals surface area (Å²) >= 11 is 0. The second kappa shape index (κ2) is 4.73. The molecule has 0 atom stereocenters. The van der Waals surface area contributed by atoms with E-state index in [0.29, 0.717) is 12.6 Å². The normalized spacial score (nSPS) is 14.9. The number of hydrogen-bond acceptors (Lipinski definition) is 4. The van der Waals surface area contributed by atoms with E-state index < -0.39 is 5.97 Å². The summed E-state index contributed by atoms with van der Waals surface area (Å²) in [5.74, 6) is -0.728. The van der Waals surface area contributed by atoms with Crippen LogP contribution in [0, 0.1) is 0 Å². The summed E-state index contributed by atoms with van der Waals surface area (Å²) in [6.45, 7) is 4.58. The number of carbonyl (C=O) groups is 1. The molecule has 0 saturated heterocycles. The highest BCUT2D eigenvalue weighted by atomic mass is 16.4. The number of aromatic nitrogens is 5. The standard InChI is InChI=1S/C13H17N5O2/c1-8(2)17-6-5-10(15-17)7-18-12(9-3-4-9)11(13(19)20)14-16-18/h5-6,8-9H,3-4,7H2,1-2H3,(H,19,20). The summed E-state index contributed by atoms with van der Waals surface area (Å²) in [6, 6.07) is 2.23. The Hall–Kier alpha value is -2.18. The third kappa shape index (κ3) is 2.31. The van der Waals surface area contributed by atoms with Crippen molar-refractivity contribution >= 4 is 5.97 Å². The van der Waals surface area contributed by atoms with E-state index in [0.717, 1.165) is 24.2 Å². The van der Waals surface area contributed by atoms with Crippen LogP contribution in [-0.4, -0.2) is 35.9 Å². The lowest BCUT2D eigenvalue weighted by Crippen LogP contribution is -2.10. The van der Waals surface area contributed by atoms with Gasteiger partial charge in [0.2, 0.25) is 0 Å². The van der Waals surface area contributed by atoms with Gasteiger partial charge in [-0.2, -0.15) is 5.10 Å². The van der Waals surface area contributed by atoms with E-state index in [9.17, 15) is 4.79 Å². The van der Waals surface area contributed by atoms with Gasteiger partial charge >= 0.3 is 5.97 Å². The predicted octanol–water partition coefficient (Wildman–Crippen LogP) is 1.68. The summed E-state index contributed by atoms with van der Waals surface area (Å²) in [5, 5.41) is 21.4. The van der Waals surface area contributed by atoms with E-state index >= 15 is 0 Å². The van der Waals surface area contributed by atoms with E-state index in [-0.39, 0.29) is 11.6 Å². The number of rotatable bonds is 5. The van der Waals surface area contributed by atoms with Gasteiger partial charge in [-0.05, 0) is 32.8 Å². The molecule has 1 N–H and O–H groups in total. The number of hydrogen-bond donors (Lipinski definition) is 1. The maximum absolute atomic E-state index is 11.2. The topological polar surface area (TPSA) is 85.8 Å². The molecular weight excluding hydrogens is 258 g/mol. The van der Waals surface area contributed by atoms with Crippen molar-refractivity contribution in [2.45, 2.75) is 45.2 Å². The molecule has 0 amide bonds. The molecule has 1 fully saturated rings. The minimum atomic E-state index is -1.01. The van der Waals surface area contributed by atoms with Crippen molar-refractivity contribution in [2.75, 3.05) is 0 Å². The third-order valence-electron chi connectivity index (χ3n) is 3.44. The average Bonchev–Trinajstić information content (AvgIpc) is 2.97. The first-order chi connectivity index (χ1) is 9.56. The molecule has 0 spiro atoms. The molecule has 0 aliphatic heterocycles. The molecule has 1 aliphatic carbocycles. The monoisotopic (exact) mass is 275 g/mol. The lowest BCUT2D eigenvalue weighted by Gasteiger charge is -2.05. The van der Waals surface area contributed by atoms with Gasteiger partial charge in [0.1, 0.15) is 0 Å². The molecular formula is C13H17N5O2. The van der Waals surface area contributed by atoms with Crippen LogP contribution in [0.5, 0.6) is 0 Å². The van der Waals surface area contributed by atoms with E-state index in [1.54, 1.807) is 4.68 Å². The fourth-order valence-corrected chi connectivity index (χ4v) is 2.25. The lowest BCUT2D eigenvalue weighted by molar-refractivity contribution is 0.0689. The quantitative estimate of drug-likeness (QED) is 0.897. The summed E-state index contributed by atoms with van der Waals surface area (Å²) in [5.41, 5.74) is 1.68. The minimum Gasteiger partial charge on any atom is -0.476 e. The van der Waals surface area contributed by atoms with Crippen LogP contribution >= 0.6 is 0 Å². The SMILES string of the molecule is CC(C)n1ccc(Cn2nnc(C(=O)O)c2C2CC2)n1. The first-order valence-corrected chi connectivity index (χ1v) is 6.77. The van der Waals surface area contributed by atoms with E-state index in [4.69, 9.17) is 5.11 Å². The van der Waals surface area contributed by atoms with Gasteiger partial charge in [0, 0.05) is 18.2 Å². The Morgan fingerprint density at radius 1 is 1.50 bits per heavy atom. The zero-order chi connectivity index (χ0) is 14.3. The summed E-state index contributed by atoms with van der Waals surface area (Å²) in [4.78, 5) is 11.2. The van der Waals surface area contributed by atoms with Crippen LogP contribution in [0.4, 0.5) is 0 Å². The molecule has 2 heterocycles. The van der Waals surface area contributed by atoms with Crippen molar-refractivity contribution < 1.29 is 9.90 Å². The van der Waals surface area contributed by atoms with Crippen LogP contribution in [-0.2, 0) is 6.54 Å². The molecule has 2 aromatic rings. The van der Waals surface area contributed by atoms with E-state index in [1.807, 2.05) is 16.9 Å². The molecule has 1 aliphatic rings. The van der Waals surface area contributed by atoms with Crippen molar-refractivity contribution in [2.24, 2.45) is 0 Å². The van der Waals surface area contributed by atoms with Crippen molar-refractivity contribution in [1.82, 2.24) is 24.8 Å². The second-order valence-electron chi connectivity index (χ2n) is 5.44. The summed E-state index contributed by atoms with van der Waals surface area (Å²) in [6.07, 6.45) is 3.94. The molecule has 106 valence electrons. The first kappa shape index (κ1) is 12.8. The molecule has 20 heavy (non-hydrogen) atoms. The third-order valence-corrected chi connectivity index (χ3v) is 3.44. The van der Waals surface area contributed by atoms with Gasteiger partial charge in [0.25, 0.3) is 0 Å². The smallest absolute Gasteiger partial charge is 0.358 e. The van der Waals surface area contributed by atoms with Crippen LogP contribution < -0.4 is 0 Å². The largest absolute Gasteiger partial charge is 0.476 e. The number of nitrogens with zero attached hydrogens (tertiary/aromatic N) is 5. The Kier molecular flexibility index (Phi) is 3.04. The molecule has 7 heteroatoms. The van der Waals surface area contributed by atoms with Gasteiger partial charge in [-0.3, -0.25) is 4.68 Å². The molecule has 1 saturated carbocycles. The minimum absolute atomic E-state index is 0.0794. The van der Waals surface area contributed by atoms with Crippen LogP contribution in [0.3, 0.4) is 0 Å². The number of carboxylic acid groups (broad SMARTS) is 1. The Balaban J connectivity index is 1.88. The van der Waals surface area contributed by atoms with Gasteiger partial charge in [0.15, 0.2) is 5.69 Å². The molecule has 7 nitrogen and oxygen atoms in total. The highest BCUT2D eigenvalue weighted by Crippen LogP contribution is 2.41. The van der Waals surface area contributed by atoms with Crippen molar-refractivity contribution in [1.29, 1.82) is 0 Å². The van der Waals surface area contributed by atoms with Crippen LogP contribution in [0.25, 0.3) is 0 Å². The molecule has 0 unspecified atom stereocenters. The highest BCUT2D eigenvalue weighted by Gasteiger charge is 2.33. The van der Waals surface area contributed by atoms with Gasteiger partial charge in [0.05, 0.1) is 17.9 Å². The fourth-order valence-electron chi connectivity index (χ4n) is 2.25. The number of aromatic carboxylic acids is 1. The van der Waals surface area contributed by atoms with Crippen molar-refractivity contribution in [3.63, 3.8) is 0 Å². The average molecular weight is 275 g/mol. The van der Waals surface area contributed by atoms with Crippen molar-refractivity contribution in [3.05, 3.63) is 29.3 Å². The molecule has 0 radical (unpaired) electrons. The zero-order valence-corrected chi connectivity index (χ0v) is 11.5. The highest BCUT2D eigenvalue weighted by molar-refractivity contribution is 5.86. The summed E-state index contributed by atoms with van der Waals surface area (Å²) < 4.78 is 3.55. The van der Waals surface area contributed by atoms with E-state index in [1.165, 1.54) is 0 Å². The Bertz CT molecular complexity index is 639. The van der Waals surface area contributed by atoms with Gasteiger partial charge in [-0.15, -0.1) is 5.10 Å². The van der Waals surface area contributed by atoms with Crippen molar-refractivity contribution in [3.8, 4) is 0 Å². The first-order valence-electron chi connectivity index (χ1n) is 6.77. The van der Waals surface area contributed by atoms with E-state index in [2.05, 4.69) is 29.3 Å². The molecule has 0 bridgehead atoms. The van der Waals surface area contributed by atoms with Gasteiger partial charge < -0.3 is 5.11 Å². The second-order valence-corrected chi connectivity index (χ2v) is 5.44. The van der Waals surface area contributed by atoms with Crippen LogP contribution in [0.15, 0.2) is 12.3 Å². The van der Waals surface area contributed by atoms with Gasteiger partial charge in [-0.1, -0.05) is 5.21 Å². The Morgan fingerprint density at radius 3 is 2.80 bits per heavy atom. The maximum atomic E-state index is 11.2. The predicted molar refractivity (Wildman–Crippen MR) is 70.7 cm³/mol. The number of carboxylic acids is 1. The molecule has 2 aromatic heterocycles. The molecule has 0 aromatic carbocycles. The lowest BCUT2D eigenvalue weighted by atomic mass is 10.2.